The molecule has 0 aromatic heterocycles. The van der Waals surface area contributed by atoms with Crippen LogP contribution >= 0.6 is 0 Å². The Kier molecular flexibility index (Phi) is 5.50. The zero-order valence-corrected chi connectivity index (χ0v) is 12.1. The third kappa shape index (κ3) is 4.65. The van der Waals surface area contributed by atoms with Crippen molar-refractivity contribution in [1.82, 2.24) is 5.32 Å². The predicted molar refractivity (Wildman–Crippen MR) is 74.9 cm³/mol. The number of aryl methyl sites for hydroxylation is 1. The second-order valence-electron chi connectivity index (χ2n) is 4.50. The van der Waals surface area contributed by atoms with Crippen LogP contribution in [0, 0.1) is 6.92 Å². The molecule has 5 nitrogen and oxygen atoms in total. The van der Waals surface area contributed by atoms with Crippen LogP contribution in [0.25, 0.3) is 0 Å². The maximum atomic E-state index is 11.9. The number of benzene rings is 1. The topological polar surface area (TPSA) is 89.3 Å². The minimum Gasteiger partial charge on any atom is -0.352 e. The lowest BCUT2D eigenvalue weighted by molar-refractivity contribution is 0.0953. The monoisotopic (exact) mass is 284 g/mol. The summed E-state index contributed by atoms with van der Waals surface area (Å²) in [5, 5.41) is 2.74. The highest BCUT2D eigenvalue weighted by molar-refractivity contribution is 7.90. The molecule has 0 aliphatic heterocycles. The van der Waals surface area contributed by atoms with Crippen molar-refractivity contribution < 1.29 is 13.2 Å². The minimum absolute atomic E-state index is 0.196. The largest absolute Gasteiger partial charge is 0.352 e. The van der Waals surface area contributed by atoms with Gasteiger partial charge in [0.25, 0.3) is 5.91 Å². The van der Waals surface area contributed by atoms with Gasteiger partial charge in [-0.15, -0.1) is 0 Å². The Hall–Kier alpha value is -1.40. The van der Waals surface area contributed by atoms with Crippen molar-refractivity contribution >= 4 is 15.7 Å². The number of hydrogen-bond donors (Lipinski definition) is 2. The van der Waals surface area contributed by atoms with E-state index in [4.69, 9.17) is 5.73 Å². The molecule has 0 aliphatic rings. The Morgan fingerprint density at radius 1 is 1.32 bits per heavy atom. The van der Waals surface area contributed by atoms with Crippen molar-refractivity contribution in [3.8, 4) is 0 Å². The van der Waals surface area contributed by atoms with Crippen LogP contribution in [-0.4, -0.2) is 33.7 Å². The second-order valence-corrected chi connectivity index (χ2v) is 6.49. The van der Waals surface area contributed by atoms with Gasteiger partial charge in [-0.05, 0) is 44.0 Å². The smallest absolute Gasteiger partial charge is 0.251 e. The summed E-state index contributed by atoms with van der Waals surface area (Å²) in [6.45, 7) is 2.84. The molecular formula is C13H20N2O3S. The molecule has 19 heavy (non-hydrogen) atoms. The van der Waals surface area contributed by atoms with Gasteiger partial charge in [0.1, 0.15) is 0 Å². The lowest BCUT2D eigenvalue weighted by atomic mass is 10.1. The van der Waals surface area contributed by atoms with E-state index in [2.05, 4.69) is 5.32 Å². The van der Waals surface area contributed by atoms with E-state index in [1.165, 1.54) is 6.07 Å². The highest BCUT2D eigenvalue weighted by Crippen LogP contribution is 2.16. The number of sulfone groups is 1. The summed E-state index contributed by atoms with van der Waals surface area (Å²) in [4.78, 5) is 12.1. The SMILES string of the molecule is Cc1ccc(C(=O)NCCCCN)cc1S(C)(=O)=O. The first kappa shape index (κ1) is 15.7. The normalized spacial score (nSPS) is 11.3. The maximum Gasteiger partial charge on any atom is 0.251 e. The van der Waals surface area contributed by atoms with E-state index in [-0.39, 0.29) is 10.8 Å². The van der Waals surface area contributed by atoms with E-state index in [0.717, 1.165) is 19.1 Å². The fourth-order valence-electron chi connectivity index (χ4n) is 1.71. The fraction of sp³-hybridized carbons (Fsp3) is 0.462. The van der Waals surface area contributed by atoms with E-state index in [1.54, 1.807) is 19.1 Å². The number of hydrogen-bond acceptors (Lipinski definition) is 4. The summed E-state index contributed by atoms with van der Waals surface area (Å²) in [6.07, 6.45) is 2.80. The van der Waals surface area contributed by atoms with Crippen LogP contribution in [0.2, 0.25) is 0 Å². The molecule has 0 heterocycles. The second kappa shape index (κ2) is 6.68. The summed E-state index contributed by atoms with van der Waals surface area (Å²) >= 11 is 0. The first-order chi connectivity index (χ1) is 8.86. The number of nitrogens with one attached hydrogen (secondary N) is 1. The predicted octanol–water partition coefficient (Wildman–Crippen LogP) is 0.867. The van der Waals surface area contributed by atoms with Gasteiger partial charge in [0.2, 0.25) is 0 Å². The summed E-state index contributed by atoms with van der Waals surface area (Å²) in [5.74, 6) is -0.262. The van der Waals surface area contributed by atoms with Crippen LogP contribution in [-0.2, 0) is 9.84 Å². The lowest BCUT2D eigenvalue weighted by Crippen LogP contribution is -2.25. The van der Waals surface area contributed by atoms with Gasteiger partial charge >= 0.3 is 0 Å². The lowest BCUT2D eigenvalue weighted by Gasteiger charge is -2.08. The quantitative estimate of drug-likeness (QED) is 0.758. The highest BCUT2D eigenvalue weighted by atomic mass is 32.2. The first-order valence-electron chi connectivity index (χ1n) is 6.15. The van der Waals surface area contributed by atoms with Crippen molar-refractivity contribution in [3.05, 3.63) is 29.3 Å². The summed E-state index contributed by atoms with van der Waals surface area (Å²) in [7, 11) is -3.32. The van der Waals surface area contributed by atoms with E-state index in [0.29, 0.717) is 24.2 Å². The molecule has 6 heteroatoms. The van der Waals surface area contributed by atoms with Gasteiger partial charge in [-0.3, -0.25) is 4.79 Å². The number of rotatable bonds is 6. The number of carbonyl (C=O) groups is 1. The van der Waals surface area contributed by atoms with Crippen molar-refractivity contribution in [2.45, 2.75) is 24.7 Å². The van der Waals surface area contributed by atoms with E-state index < -0.39 is 9.84 Å². The summed E-state index contributed by atoms with van der Waals surface area (Å²) in [5.41, 5.74) is 6.36. The van der Waals surface area contributed by atoms with Gasteiger partial charge in [-0.25, -0.2) is 8.42 Å². The Balaban J connectivity index is 2.82. The van der Waals surface area contributed by atoms with Crippen LogP contribution in [0.3, 0.4) is 0 Å². The molecule has 0 atom stereocenters. The van der Waals surface area contributed by atoms with Crippen LogP contribution in [0.1, 0.15) is 28.8 Å². The van der Waals surface area contributed by atoms with Crippen LogP contribution in [0.15, 0.2) is 23.1 Å². The number of carbonyl (C=O) groups excluding carboxylic acids is 1. The average Bonchev–Trinajstić information content (AvgIpc) is 2.33. The van der Waals surface area contributed by atoms with Gasteiger partial charge in [0.15, 0.2) is 9.84 Å². The molecule has 1 aromatic carbocycles. The number of nitrogens with two attached hydrogens (primary N) is 1. The number of unbranched alkanes of at least 4 members (excludes halogenated alkanes) is 1. The summed E-state index contributed by atoms with van der Waals surface area (Å²) < 4.78 is 23.2. The molecule has 0 saturated carbocycles. The first-order valence-corrected chi connectivity index (χ1v) is 8.04. The van der Waals surface area contributed by atoms with Crippen molar-refractivity contribution in [2.75, 3.05) is 19.3 Å². The zero-order valence-electron chi connectivity index (χ0n) is 11.3. The molecule has 0 unspecified atom stereocenters. The van der Waals surface area contributed by atoms with Gasteiger partial charge in [0, 0.05) is 18.4 Å². The molecule has 1 amide bonds. The zero-order chi connectivity index (χ0) is 14.5. The Morgan fingerprint density at radius 3 is 2.58 bits per heavy atom. The molecule has 106 valence electrons. The number of amides is 1. The van der Waals surface area contributed by atoms with Crippen LogP contribution in [0.4, 0.5) is 0 Å². The third-order valence-corrected chi connectivity index (χ3v) is 4.01. The standard InChI is InChI=1S/C13H20N2O3S/c1-10-5-6-11(9-12(10)19(2,17)18)13(16)15-8-4-3-7-14/h5-6,9H,3-4,7-8,14H2,1-2H3,(H,15,16). The molecule has 0 bridgehead atoms. The maximum absolute atomic E-state index is 11.9. The molecular weight excluding hydrogens is 264 g/mol. The van der Waals surface area contributed by atoms with E-state index >= 15 is 0 Å². The Morgan fingerprint density at radius 2 is 2.00 bits per heavy atom. The molecule has 0 radical (unpaired) electrons. The van der Waals surface area contributed by atoms with Gasteiger partial charge in [0.05, 0.1) is 4.90 Å². The van der Waals surface area contributed by atoms with Crippen LogP contribution in [0.5, 0.6) is 0 Å². The van der Waals surface area contributed by atoms with Gasteiger partial charge in [-0.2, -0.15) is 0 Å². The van der Waals surface area contributed by atoms with Crippen molar-refractivity contribution in [2.24, 2.45) is 5.73 Å². The minimum atomic E-state index is -3.32. The summed E-state index contributed by atoms with van der Waals surface area (Å²) in [6, 6.07) is 4.69. The average molecular weight is 284 g/mol. The molecule has 1 aromatic rings. The molecule has 0 aliphatic carbocycles. The van der Waals surface area contributed by atoms with Crippen molar-refractivity contribution in [1.29, 1.82) is 0 Å². The fourth-order valence-corrected chi connectivity index (χ4v) is 2.71. The molecule has 1 rings (SSSR count). The Labute approximate surface area is 114 Å². The van der Waals surface area contributed by atoms with Gasteiger partial charge in [-0.1, -0.05) is 6.07 Å². The van der Waals surface area contributed by atoms with Crippen LogP contribution < -0.4 is 11.1 Å². The highest BCUT2D eigenvalue weighted by Gasteiger charge is 2.14. The van der Waals surface area contributed by atoms with Crippen molar-refractivity contribution in [3.63, 3.8) is 0 Å². The molecule has 0 saturated heterocycles. The Bertz CT molecular complexity index is 553. The van der Waals surface area contributed by atoms with Gasteiger partial charge < -0.3 is 11.1 Å². The van der Waals surface area contributed by atoms with E-state index in [9.17, 15) is 13.2 Å². The molecule has 0 spiro atoms. The molecule has 0 fully saturated rings. The van der Waals surface area contributed by atoms with E-state index in [1.807, 2.05) is 0 Å². The molecule has 3 N–H and O–H groups in total. The third-order valence-electron chi connectivity index (χ3n) is 2.77.